The van der Waals surface area contributed by atoms with Crippen LogP contribution in [0.1, 0.15) is 29.7 Å². The zero-order valence-corrected chi connectivity index (χ0v) is 11.7. The van der Waals surface area contributed by atoms with Crippen molar-refractivity contribution in [1.82, 2.24) is 9.97 Å². The highest BCUT2D eigenvalue weighted by atomic mass is 19.4. The SMILES string of the molecule is CC(CNc1nccnc1C#N)c1ccc(C(F)(F)F)cc1. The third-order valence-corrected chi connectivity index (χ3v) is 3.19. The van der Waals surface area contributed by atoms with Crippen molar-refractivity contribution >= 4 is 5.82 Å². The Kier molecular flexibility index (Phi) is 4.61. The van der Waals surface area contributed by atoms with E-state index in [1.807, 2.05) is 13.0 Å². The normalized spacial score (nSPS) is 12.5. The van der Waals surface area contributed by atoms with Crippen LogP contribution in [0.15, 0.2) is 36.7 Å². The summed E-state index contributed by atoms with van der Waals surface area (Å²) in [6.07, 6.45) is -1.45. The Morgan fingerprint density at radius 3 is 2.41 bits per heavy atom. The third-order valence-electron chi connectivity index (χ3n) is 3.19. The van der Waals surface area contributed by atoms with E-state index in [0.717, 1.165) is 17.7 Å². The highest BCUT2D eigenvalue weighted by Gasteiger charge is 2.30. The Bertz CT molecular complexity index is 674. The van der Waals surface area contributed by atoms with E-state index < -0.39 is 11.7 Å². The van der Waals surface area contributed by atoms with Gasteiger partial charge in [0.05, 0.1) is 5.56 Å². The van der Waals surface area contributed by atoms with Crippen molar-refractivity contribution in [3.8, 4) is 6.07 Å². The molecule has 0 aliphatic rings. The summed E-state index contributed by atoms with van der Waals surface area (Å²) in [6.45, 7) is 2.30. The number of aromatic nitrogens is 2. The fourth-order valence-corrected chi connectivity index (χ4v) is 1.92. The first-order valence-electron chi connectivity index (χ1n) is 6.54. The van der Waals surface area contributed by atoms with Gasteiger partial charge in [-0.2, -0.15) is 18.4 Å². The van der Waals surface area contributed by atoms with Crippen LogP contribution in [0.2, 0.25) is 0 Å². The number of rotatable bonds is 4. The van der Waals surface area contributed by atoms with Crippen molar-refractivity contribution in [3.05, 3.63) is 53.5 Å². The Morgan fingerprint density at radius 1 is 1.18 bits per heavy atom. The Labute approximate surface area is 125 Å². The number of anilines is 1. The van der Waals surface area contributed by atoms with Crippen LogP contribution in [-0.4, -0.2) is 16.5 Å². The van der Waals surface area contributed by atoms with Crippen LogP contribution in [0.3, 0.4) is 0 Å². The number of hydrogen-bond donors (Lipinski definition) is 1. The van der Waals surface area contributed by atoms with E-state index in [0.29, 0.717) is 12.4 Å². The zero-order valence-electron chi connectivity index (χ0n) is 11.7. The molecule has 1 aromatic carbocycles. The number of halogens is 3. The maximum absolute atomic E-state index is 12.5. The summed E-state index contributed by atoms with van der Waals surface area (Å²) < 4.78 is 37.5. The van der Waals surface area contributed by atoms with Gasteiger partial charge in [0.1, 0.15) is 6.07 Å². The maximum Gasteiger partial charge on any atom is 0.416 e. The summed E-state index contributed by atoms with van der Waals surface area (Å²) in [5.41, 5.74) is 0.280. The number of alkyl halides is 3. The standard InChI is InChI=1S/C15H13F3N4/c1-10(9-22-14-13(8-19)20-6-7-21-14)11-2-4-12(5-3-11)15(16,17)18/h2-7,10H,9H2,1H3,(H,21,22). The van der Waals surface area contributed by atoms with Crippen LogP contribution in [0.5, 0.6) is 0 Å². The molecule has 22 heavy (non-hydrogen) atoms. The van der Waals surface area contributed by atoms with Gasteiger partial charge in [-0.3, -0.25) is 0 Å². The summed E-state index contributed by atoms with van der Waals surface area (Å²) in [5, 5.41) is 11.9. The summed E-state index contributed by atoms with van der Waals surface area (Å²) in [6, 6.07) is 6.96. The number of hydrogen-bond acceptors (Lipinski definition) is 4. The van der Waals surface area contributed by atoms with Crippen molar-refractivity contribution < 1.29 is 13.2 Å². The first kappa shape index (κ1) is 15.8. The van der Waals surface area contributed by atoms with Crippen LogP contribution in [0.25, 0.3) is 0 Å². The van der Waals surface area contributed by atoms with Gasteiger partial charge in [-0.25, -0.2) is 9.97 Å². The minimum absolute atomic E-state index is 0.0455. The highest BCUT2D eigenvalue weighted by Crippen LogP contribution is 2.30. The minimum atomic E-state index is -4.33. The second-order valence-electron chi connectivity index (χ2n) is 4.77. The lowest BCUT2D eigenvalue weighted by Gasteiger charge is -2.15. The van der Waals surface area contributed by atoms with Gasteiger partial charge in [-0.05, 0) is 23.6 Å². The van der Waals surface area contributed by atoms with Crippen molar-refractivity contribution in [2.45, 2.75) is 19.0 Å². The molecule has 2 aromatic rings. The molecule has 1 aromatic heterocycles. The molecular formula is C15H13F3N4. The molecule has 0 bridgehead atoms. The van der Waals surface area contributed by atoms with Crippen LogP contribution < -0.4 is 5.32 Å². The van der Waals surface area contributed by atoms with Crippen molar-refractivity contribution in [2.24, 2.45) is 0 Å². The van der Waals surface area contributed by atoms with Crippen LogP contribution in [0, 0.1) is 11.3 Å². The third kappa shape index (κ3) is 3.73. The average molecular weight is 306 g/mol. The van der Waals surface area contributed by atoms with Gasteiger partial charge in [-0.1, -0.05) is 19.1 Å². The molecule has 114 valence electrons. The summed E-state index contributed by atoms with van der Waals surface area (Å²) >= 11 is 0. The lowest BCUT2D eigenvalue weighted by Crippen LogP contribution is -2.13. The monoisotopic (exact) mass is 306 g/mol. The molecule has 1 atom stereocenters. The number of nitrogens with zero attached hydrogens (tertiary/aromatic N) is 3. The van der Waals surface area contributed by atoms with Gasteiger partial charge < -0.3 is 5.32 Å². The second kappa shape index (κ2) is 6.43. The Morgan fingerprint density at radius 2 is 1.82 bits per heavy atom. The van der Waals surface area contributed by atoms with E-state index in [9.17, 15) is 13.2 Å². The molecule has 0 spiro atoms. The van der Waals surface area contributed by atoms with Gasteiger partial charge >= 0.3 is 6.18 Å². The molecule has 2 rings (SSSR count). The van der Waals surface area contributed by atoms with Gasteiger partial charge in [0.15, 0.2) is 11.5 Å². The van der Waals surface area contributed by atoms with Gasteiger partial charge in [0.25, 0.3) is 0 Å². The van der Waals surface area contributed by atoms with Crippen LogP contribution in [0.4, 0.5) is 19.0 Å². The topological polar surface area (TPSA) is 61.6 Å². The van der Waals surface area contributed by atoms with E-state index >= 15 is 0 Å². The van der Waals surface area contributed by atoms with Crippen LogP contribution in [-0.2, 0) is 6.18 Å². The predicted octanol–water partition coefficient (Wildman–Crippen LogP) is 3.58. The zero-order chi connectivity index (χ0) is 16.2. The maximum atomic E-state index is 12.5. The first-order chi connectivity index (χ1) is 10.4. The first-order valence-corrected chi connectivity index (χ1v) is 6.54. The summed E-state index contributed by atoms with van der Waals surface area (Å²) in [5.74, 6) is 0.319. The largest absolute Gasteiger partial charge is 0.416 e. The van der Waals surface area contributed by atoms with E-state index in [4.69, 9.17) is 5.26 Å². The molecule has 1 heterocycles. The van der Waals surface area contributed by atoms with Crippen LogP contribution >= 0.6 is 0 Å². The fourth-order valence-electron chi connectivity index (χ4n) is 1.92. The molecule has 4 nitrogen and oxygen atoms in total. The highest BCUT2D eigenvalue weighted by molar-refractivity contribution is 5.47. The molecule has 0 saturated heterocycles. The van der Waals surface area contributed by atoms with Gasteiger partial charge in [0.2, 0.25) is 0 Å². The molecule has 7 heteroatoms. The lowest BCUT2D eigenvalue weighted by molar-refractivity contribution is -0.137. The second-order valence-corrected chi connectivity index (χ2v) is 4.77. The average Bonchev–Trinajstić information content (AvgIpc) is 2.52. The van der Waals surface area contributed by atoms with Crippen molar-refractivity contribution in [3.63, 3.8) is 0 Å². The molecule has 0 amide bonds. The molecule has 0 fully saturated rings. The van der Waals surface area contributed by atoms with E-state index in [1.165, 1.54) is 24.5 Å². The Hall–Kier alpha value is -2.62. The lowest BCUT2D eigenvalue weighted by atomic mass is 9.99. The van der Waals surface area contributed by atoms with Gasteiger partial charge in [-0.15, -0.1) is 0 Å². The molecule has 1 N–H and O–H groups in total. The van der Waals surface area contributed by atoms with E-state index in [-0.39, 0.29) is 11.6 Å². The molecule has 0 saturated carbocycles. The number of nitrogens with one attached hydrogen (secondary N) is 1. The molecular weight excluding hydrogens is 293 g/mol. The number of benzene rings is 1. The van der Waals surface area contributed by atoms with Gasteiger partial charge in [0, 0.05) is 18.9 Å². The van der Waals surface area contributed by atoms with Crippen molar-refractivity contribution in [2.75, 3.05) is 11.9 Å². The van der Waals surface area contributed by atoms with Crippen molar-refractivity contribution in [1.29, 1.82) is 5.26 Å². The smallest absolute Gasteiger partial charge is 0.367 e. The molecule has 1 unspecified atom stereocenters. The Balaban J connectivity index is 2.04. The predicted molar refractivity (Wildman–Crippen MR) is 75.1 cm³/mol. The molecule has 0 aliphatic heterocycles. The molecule has 0 radical (unpaired) electrons. The fraction of sp³-hybridized carbons (Fsp3) is 0.267. The minimum Gasteiger partial charge on any atom is -0.367 e. The number of nitriles is 1. The van der Waals surface area contributed by atoms with E-state index in [2.05, 4.69) is 15.3 Å². The molecule has 0 aliphatic carbocycles. The summed E-state index contributed by atoms with van der Waals surface area (Å²) in [4.78, 5) is 7.89. The summed E-state index contributed by atoms with van der Waals surface area (Å²) in [7, 11) is 0. The quantitative estimate of drug-likeness (QED) is 0.938. The van der Waals surface area contributed by atoms with E-state index in [1.54, 1.807) is 0 Å².